The van der Waals surface area contributed by atoms with Crippen molar-refractivity contribution in [2.24, 2.45) is 0 Å². The van der Waals surface area contributed by atoms with E-state index in [0.29, 0.717) is 34.3 Å². The Balaban J connectivity index is 1.91. The number of methoxy groups -OCH3 is 1. The first kappa shape index (κ1) is 19.5. The Morgan fingerprint density at radius 2 is 1.53 bits per heavy atom. The zero-order valence-corrected chi connectivity index (χ0v) is 16.9. The molecule has 1 heterocycles. The molecule has 5 heteroatoms. The van der Waals surface area contributed by atoms with Crippen LogP contribution < -0.4 is 15.2 Å². The summed E-state index contributed by atoms with van der Waals surface area (Å²) in [6, 6.07) is 24.0. The van der Waals surface area contributed by atoms with Crippen LogP contribution in [-0.2, 0) is 0 Å². The van der Waals surface area contributed by atoms with E-state index in [1.807, 2.05) is 55.5 Å². The molecule has 0 atom stereocenters. The van der Waals surface area contributed by atoms with Crippen LogP contribution in [0.4, 0.5) is 5.69 Å². The topological polar surface area (TPSA) is 51.5 Å². The van der Waals surface area contributed by atoms with Gasteiger partial charge in [0.05, 0.1) is 12.7 Å². The number of anilines is 1. The second-order valence-corrected chi connectivity index (χ2v) is 6.85. The average molecular weight is 398 g/mol. The van der Waals surface area contributed by atoms with E-state index in [1.54, 1.807) is 48.5 Å². The standard InChI is InChI=1S/C25H22N2O3/c1-3-26(18-9-5-4-6-10-18)25(29)23-17-27(19-13-15-20(30-2)16-14-19)24(28)22-12-8-7-11-21(22)23/h4-17H,3H2,1-2H3. The number of hydrogen-bond acceptors (Lipinski definition) is 3. The fourth-order valence-electron chi connectivity index (χ4n) is 3.59. The maximum Gasteiger partial charge on any atom is 0.262 e. The van der Waals surface area contributed by atoms with Gasteiger partial charge < -0.3 is 9.64 Å². The zero-order chi connectivity index (χ0) is 21.1. The van der Waals surface area contributed by atoms with Crippen molar-refractivity contribution in [3.63, 3.8) is 0 Å². The number of rotatable bonds is 5. The summed E-state index contributed by atoms with van der Waals surface area (Å²) in [7, 11) is 1.59. The van der Waals surface area contributed by atoms with E-state index in [2.05, 4.69) is 0 Å². The molecule has 1 aromatic heterocycles. The lowest BCUT2D eigenvalue weighted by molar-refractivity contribution is 0.0989. The van der Waals surface area contributed by atoms with Gasteiger partial charge >= 0.3 is 0 Å². The van der Waals surface area contributed by atoms with Crippen LogP contribution in [-0.4, -0.2) is 24.1 Å². The smallest absolute Gasteiger partial charge is 0.262 e. The second-order valence-electron chi connectivity index (χ2n) is 6.85. The van der Waals surface area contributed by atoms with Crippen LogP contribution in [0.3, 0.4) is 0 Å². The van der Waals surface area contributed by atoms with Crippen LogP contribution in [0.5, 0.6) is 5.75 Å². The molecule has 0 radical (unpaired) electrons. The van der Waals surface area contributed by atoms with Gasteiger partial charge in [-0.1, -0.05) is 36.4 Å². The molecule has 30 heavy (non-hydrogen) atoms. The monoisotopic (exact) mass is 398 g/mol. The molecule has 0 saturated carbocycles. The van der Waals surface area contributed by atoms with Gasteiger partial charge in [-0.3, -0.25) is 14.2 Å². The summed E-state index contributed by atoms with van der Waals surface area (Å²) >= 11 is 0. The summed E-state index contributed by atoms with van der Waals surface area (Å²) in [6.07, 6.45) is 1.64. The number of ether oxygens (including phenoxy) is 1. The highest BCUT2D eigenvalue weighted by Gasteiger charge is 2.21. The van der Waals surface area contributed by atoms with Crippen LogP contribution in [0, 0.1) is 0 Å². The van der Waals surface area contributed by atoms with Gasteiger partial charge in [-0.15, -0.1) is 0 Å². The van der Waals surface area contributed by atoms with Gasteiger partial charge in [0.2, 0.25) is 0 Å². The lowest BCUT2D eigenvalue weighted by Crippen LogP contribution is -2.32. The van der Waals surface area contributed by atoms with Crippen molar-refractivity contribution in [2.45, 2.75) is 6.92 Å². The molecular weight excluding hydrogens is 376 g/mol. The van der Waals surface area contributed by atoms with Crippen LogP contribution in [0.15, 0.2) is 89.9 Å². The maximum absolute atomic E-state index is 13.6. The Bertz CT molecular complexity index is 1250. The molecule has 4 rings (SSSR count). The highest BCUT2D eigenvalue weighted by molar-refractivity contribution is 6.13. The minimum atomic E-state index is -0.171. The Labute approximate surface area is 174 Å². The minimum absolute atomic E-state index is 0.151. The molecule has 0 fully saturated rings. The SMILES string of the molecule is CCN(C(=O)c1cn(-c2ccc(OC)cc2)c(=O)c2ccccc12)c1ccccc1. The van der Waals surface area contributed by atoms with Crippen molar-refractivity contribution in [1.29, 1.82) is 0 Å². The first-order chi connectivity index (χ1) is 14.6. The van der Waals surface area contributed by atoms with E-state index in [1.165, 1.54) is 4.57 Å². The summed E-state index contributed by atoms with van der Waals surface area (Å²) in [4.78, 5) is 28.5. The molecule has 0 aliphatic carbocycles. The highest BCUT2D eigenvalue weighted by atomic mass is 16.5. The number of amides is 1. The van der Waals surface area contributed by atoms with Crippen LogP contribution >= 0.6 is 0 Å². The molecule has 0 bridgehead atoms. The predicted octanol–water partition coefficient (Wildman–Crippen LogP) is 4.67. The van der Waals surface area contributed by atoms with Crippen molar-refractivity contribution < 1.29 is 9.53 Å². The van der Waals surface area contributed by atoms with Crippen LogP contribution in [0.25, 0.3) is 16.5 Å². The molecule has 0 N–H and O–H groups in total. The van der Waals surface area contributed by atoms with E-state index < -0.39 is 0 Å². The third-order valence-corrected chi connectivity index (χ3v) is 5.13. The van der Waals surface area contributed by atoms with Crippen molar-refractivity contribution in [2.75, 3.05) is 18.6 Å². The molecule has 1 amide bonds. The maximum atomic E-state index is 13.6. The van der Waals surface area contributed by atoms with Gasteiger partial charge in [-0.05, 0) is 49.4 Å². The van der Waals surface area contributed by atoms with Gasteiger partial charge in [-0.25, -0.2) is 0 Å². The molecule has 3 aromatic carbocycles. The Hall–Kier alpha value is -3.86. The Morgan fingerprint density at radius 3 is 2.17 bits per heavy atom. The van der Waals surface area contributed by atoms with Gasteiger partial charge in [-0.2, -0.15) is 0 Å². The van der Waals surface area contributed by atoms with Gasteiger partial charge in [0.25, 0.3) is 11.5 Å². The van der Waals surface area contributed by atoms with E-state index in [4.69, 9.17) is 4.74 Å². The number of aromatic nitrogens is 1. The highest BCUT2D eigenvalue weighted by Crippen LogP contribution is 2.23. The van der Waals surface area contributed by atoms with Crippen molar-refractivity contribution in [3.8, 4) is 11.4 Å². The number of benzene rings is 3. The van der Waals surface area contributed by atoms with E-state index in [0.717, 1.165) is 5.69 Å². The number of para-hydroxylation sites is 1. The van der Waals surface area contributed by atoms with Crippen LogP contribution in [0.2, 0.25) is 0 Å². The molecule has 0 spiro atoms. The molecule has 0 saturated heterocycles. The normalized spacial score (nSPS) is 10.7. The molecule has 5 nitrogen and oxygen atoms in total. The Kier molecular flexibility index (Phi) is 5.35. The molecule has 0 unspecified atom stereocenters. The minimum Gasteiger partial charge on any atom is -0.497 e. The zero-order valence-electron chi connectivity index (χ0n) is 16.9. The summed E-state index contributed by atoms with van der Waals surface area (Å²) in [5, 5.41) is 1.15. The number of fused-ring (bicyclic) bond motifs is 1. The third-order valence-electron chi connectivity index (χ3n) is 5.13. The number of hydrogen-bond donors (Lipinski definition) is 0. The number of carbonyl (C=O) groups is 1. The quantitative estimate of drug-likeness (QED) is 0.491. The van der Waals surface area contributed by atoms with Gasteiger partial charge in [0, 0.05) is 34.9 Å². The van der Waals surface area contributed by atoms with Crippen molar-refractivity contribution in [1.82, 2.24) is 4.57 Å². The molecule has 150 valence electrons. The molecular formula is C25H22N2O3. The average Bonchev–Trinajstić information content (AvgIpc) is 2.81. The largest absolute Gasteiger partial charge is 0.497 e. The van der Waals surface area contributed by atoms with Crippen molar-refractivity contribution >= 4 is 22.4 Å². The first-order valence-electron chi connectivity index (χ1n) is 9.79. The molecule has 4 aromatic rings. The van der Waals surface area contributed by atoms with Crippen LogP contribution in [0.1, 0.15) is 17.3 Å². The van der Waals surface area contributed by atoms with E-state index in [9.17, 15) is 9.59 Å². The lowest BCUT2D eigenvalue weighted by Gasteiger charge is -2.22. The Morgan fingerprint density at radius 1 is 0.900 bits per heavy atom. The fraction of sp³-hybridized carbons (Fsp3) is 0.120. The van der Waals surface area contributed by atoms with Gasteiger partial charge in [0.1, 0.15) is 5.75 Å². The predicted molar refractivity (Wildman–Crippen MR) is 120 cm³/mol. The van der Waals surface area contributed by atoms with Crippen molar-refractivity contribution in [3.05, 3.63) is 101 Å². The summed E-state index contributed by atoms with van der Waals surface area (Å²) < 4.78 is 6.74. The third kappa shape index (κ3) is 3.46. The van der Waals surface area contributed by atoms with E-state index >= 15 is 0 Å². The molecule has 0 aliphatic rings. The second kappa shape index (κ2) is 8.25. The summed E-state index contributed by atoms with van der Waals surface area (Å²) in [6.45, 7) is 2.45. The first-order valence-corrected chi connectivity index (χ1v) is 9.79. The van der Waals surface area contributed by atoms with Gasteiger partial charge in [0.15, 0.2) is 0 Å². The fourth-order valence-corrected chi connectivity index (χ4v) is 3.59. The number of carbonyl (C=O) groups excluding carboxylic acids is 1. The molecule has 0 aliphatic heterocycles. The lowest BCUT2D eigenvalue weighted by atomic mass is 10.1. The summed E-state index contributed by atoms with van der Waals surface area (Å²) in [5.74, 6) is 0.548. The number of pyridine rings is 1. The summed E-state index contributed by atoms with van der Waals surface area (Å²) in [5.41, 5.74) is 1.79. The number of nitrogens with zero attached hydrogens (tertiary/aromatic N) is 2. The van der Waals surface area contributed by atoms with E-state index in [-0.39, 0.29) is 11.5 Å².